The lowest BCUT2D eigenvalue weighted by Crippen LogP contribution is -2.32. The minimum absolute atomic E-state index is 0.0470. The molecule has 1 aliphatic carbocycles. The van der Waals surface area contributed by atoms with Crippen LogP contribution in [0.5, 0.6) is 0 Å². The lowest BCUT2D eigenvalue weighted by Gasteiger charge is -2.32. The van der Waals surface area contributed by atoms with Gasteiger partial charge in [-0.15, -0.1) is 0 Å². The molecule has 4 atom stereocenters. The van der Waals surface area contributed by atoms with Crippen molar-refractivity contribution < 1.29 is 14.3 Å². The predicted molar refractivity (Wildman–Crippen MR) is 97.3 cm³/mol. The number of methoxy groups -OCH3 is 1. The summed E-state index contributed by atoms with van der Waals surface area (Å²) in [6.45, 7) is 3.90. The fourth-order valence-electron chi connectivity index (χ4n) is 4.48. The van der Waals surface area contributed by atoms with Gasteiger partial charge in [-0.2, -0.15) is 0 Å². The van der Waals surface area contributed by atoms with E-state index >= 15 is 0 Å². The zero-order valence-electron chi connectivity index (χ0n) is 14.9. The van der Waals surface area contributed by atoms with Crippen molar-refractivity contribution in [1.29, 1.82) is 0 Å². The van der Waals surface area contributed by atoms with Gasteiger partial charge in [-0.1, -0.05) is 74.5 Å². The maximum Gasteiger partial charge on any atom is 0.306 e. The van der Waals surface area contributed by atoms with E-state index in [1.807, 2.05) is 50.2 Å². The van der Waals surface area contributed by atoms with Crippen LogP contribution in [0.1, 0.15) is 43.2 Å². The number of carbonyl (C=O) groups is 2. The van der Waals surface area contributed by atoms with E-state index in [4.69, 9.17) is 4.74 Å². The number of carbonyl (C=O) groups excluding carboxylic acids is 2. The summed E-state index contributed by atoms with van der Waals surface area (Å²) in [7, 11) is 1.38. The van der Waals surface area contributed by atoms with E-state index in [-0.39, 0.29) is 35.9 Å². The van der Waals surface area contributed by atoms with Crippen molar-refractivity contribution in [3.8, 4) is 0 Å². The molecule has 0 bridgehead atoms. The van der Waals surface area contributed by atoms with Crippen molar-refractivity contribution in [3.05, 3.63) is 71.8 Å². The van der Waals surface area contributed by atoms with Crippen LogP contribution in [0.3, 0.4) is 0 Å². The van der Waals surface area contributed by atoms with E-state index in [9.17, 15) is 9.59 Å². The number of Topliss-reactive ketones (excluding diaryl/α,β-unsaturated/α-hetero) is 1. The Morgan fingerprint density at radius 2 is 1.52 bits per heavy atom. The van der Waals surface area contributed by atoms with E-state index in [1.54, 1.807) is 0 Å². The highest BCUT2D eigenvalue weighted by Gasteiger charge is 2.57. The Balaban J connectivity index is 2.14. The highest BCUT2D eigenvalue weighted by atomic mass is 16.5. The average molecular weight is 336 g/mol. The fraction of sp³-hybridized carbons (Fsp3) is 0.364. The van der Waals surface area contributed by atoms with Gasteiger partial charge in [0.1, 0.15) is 5.78 Å². The summed E-state index contributed by atoms with van der Waals surface area (Å²) < 4.78 is 4.89. The third-order valence-corrected chi connectivity index (χ3v) is 5.64. The summed E-state index contributed by atoms with van der Waals surface area (Å²) in [4.78, 5) is 25.3. The summed E-state index contributed by atoms with van der Waals surface area (Å²) in [5.41, 5.74) is 1.47. The molecule has 2 aromatic carbocycles. The van der Waals surface area contributed by atoms with E-state index in [0.717, 1.165) is 11.1 Å². The second-order valence-electron chi connectivity index (χ2n) is 7.15. The molecule has 3 heteroatoms. The number of ketones is 1. The van der Waals surface area contributed by atoms with Gasteiger partial charge in [0.2, 0.25) is 0 Å². The number of hydrogen-bond acceptors (Lipinski definition) is 3. The first-order valence-corrected chi connectivity index (χ1v) is 8.70. The SMILES string of the molecule is COC(=O)C[C@@]1(C)C(=O)[C@H](C)[C@@H](c2ccccc2)[C@@H]1c1ccccc1. The second-order valence-corrected chi connectivity index (χ2v) is 7.15. The molecule has 0 saturated heterocycles. The molecule has 0 radical (unpaired) electrons. The molecule has 1 fully saturated rings. The Hall–Kier alpha value is -2.42. The summed E-state index contributed by atoms with van der Waals surface area (Å²) in [6, 6.07) is 20.2. The number of ether oxygens (including phenoxy) is 1. The molecular formula is C22H24O3. The van der Waals surface area contributed by atoms with Crippen LogP contribution in [0.25, 0.3) is 0 Å². The van der Waals surface area contributed by atoms with E-state index in [2.05, 4.69) is 24.3 Å². The summed E-state index contributed by atoms with van der Waals surface area (Å²) in [5.74, 6) is -0.357. The van der Waals surface area contributed by atoms with Crippen LogP contribution in [0.4, 0.5) is 0 Å². The van der Waals surface area contributed by atoms with E-state index in [0.29, 0.717) is 0 Å². The van der Waals surface area contributed by atoms with Gasteiger partial charge < -0.3 is 4.74 Å². The van der Waals surface area contributed by atoms with Crippen LogP contribution in [0.15, 0.2) is 60.7 Å². The first-order valence-electron chi connectivity index (χ1n) is 8.70. The number of benzene rings is 2. The molecule has 0 unspecified atom stereocenters. The molecule has 0 N–H and O–H groups in total. The van der Waals surface area contributed by atoms with Gasteiger partial charge >= 0.3 is 5.97 Å². The number of hydrogen-bond donors (Lipinski definition) is 0. The van der Waals surface area contributed by atoms with Gasteiger partial charge in [-0.3, -0.25) is 9.59 Å². The predicted octanol–water partition coefficient (Wildman–Crippen LogP) is 4.34. The molecule has 130 valence electrons. The minimum Gasteiger partial charge on any atom is -0.469 e. The molecule has 25 heavy (non-hydrogen) atoms. The summed E-state index contributed by atoms with van der Waals surface area (Å²) in [5, 5.41) is 0. The monoisotopic (exact) mass is 336 g/mol. The van der Waals surface area contributed by atoms with Crippen molar-refractivity contribution >= 4 is 11.8 Å². The zero-order valence-corrected chi connectivity index (χ0v) is 14.9. The van der Waals surface area contributed by atoms with Crippen molar-refractivity contribution in [2.24, 2.45) is 11.3 Å². The number of rotatable bonds is 4. The van der Waals surface area contributed by atoms with Gasteiger partial charge in [0.25, 0.3) is 0 Å². The average Bonchev–Trinajstić information content (AvgIpc) is 2.84. The van der Waals surface area contributed by atoms with E-state index in [1.165, 1.54) is 7.11 Å². The smallest absolute Gasteiger partial charge is 0.306 e. The quantitative estimate of drug-likeness (QED) is 0.780. The first-order chi connectivity index (χ1) is 12.0. The van der Waals surface area contributed by atoms with Crippen molar-refractivity contribution in [2.45, 2.75) is 32.1 Å². The van der Waals surface area contributed by atoms with Crippen molar-refractivity contribution in [2.75, 3.05) is 7.11 Å². The first kappa shape index (κ1) is 17.4. The van der Waals surface area contributed by atoms with Crippen LogP contribution in [0.2, 0.25) is 0 Å². The summed E-state index contributed by atoms with van der Waals surface area (Å²) in [6.07, 6.45) is 0.107. The lowest BCUT2D eigenvalue weighted by atomic mass is 9.69. The standard InChI is InChI=1S/C22H24O3/c1-15-19(16-10-6-4-7-11-16)20(17-12-8-5-9-13-17)22(2,21(15)24)14-18(23)25-3/h4-13,15,19-20H,14H2,1-3H3/t15-,19+,20+,22-/m1/s1. The molecule has 0 amide bonds. The molecule has 1 aliphatic rings. The van der Waals surface area contributed by atoms with Crippen molar-refractivity contribution in [3.63, 3.8) is 0 Å². The Labute approximate surface area is 149 Å². The molecule has 0 aliphatic heterocycles. The van der Waals surface area contributed by atoms with Gasteiger partial charge in [0, 0.05) is 23.2 Å². The molecule has 3 nitrogen and oxygen atoms in total. The topological polar surface area (TPSA) is 43.4 Å². The Morgan fingerprint density at radius 1 is 1.00 bits per heavy atom. The van der Waals surface area contributed by atoms with Gasteiger partial charge in [0.05, 0.1) is 13.5 Å². The zero-order chi connectivity index (χ0) is 18.0. The molecule has 1 saturated carbocycles. The summed E-state index contributed by atoms with van der Waals surface area (Å²) >= 11 is 0. The molecule has 2 aromatic rings. The highest BCUT2D eigenvalue weighted by Crippen LogP contribution is 2.58. The van der Waals surface area contributed by atoms with Crippen LogP contribution >= 0.6 is 0 Å². The largest absolute Gasteiger partial charge is 0.469 e. The van der Waals surface area contributed by atoms with Crippen molar-refractivity contribution in [1.82, 2.24) is 0 Å². The fourth-order valence-corrected chi connectivity index (χ4v) is 4.48. The van der Waals surface area contributed by atoms with Crippen LogP contribution in [-0.4, -0.2) is 18.9 Å². The number of esters is 1. The maximum absolute atomic E-state index is 13.2. The second kappa shape index (κ2) is 6.83. The Kier molecular flexibility index (Phi) is 4.76. The molecular weight excluding hydrogens is 312 g/mol. The molecule has 0 heterocycles. The Bertz CT molecular complexity index is 753. The Morgan fingerprint density at radius 3 is 2.04 bits per heavy atom. The highest BCUT2D eigenvalue weighted by molar-refractivity contribution is 5.94. The molecule has 0 aromatic heterocycles. The normalized spacial score (nSPS) is 28.8. The molecule has 0 spiro atoms. The van der Waals surface area contributed by atoms with Gasteiger partial charge in [-0.25, -0.2) is 0 Å². The van der Waals surface area contributed by atoms with Crippen LogP contribution in [-0.2, 0) is 14.3 Å². The van der Waals surface area contributed by atoms with Crippen LogP contribution < -0.4 is 0 Å². The lowest BCUT2D eigenvalue weighted by molar-refractivity contribution is -0.146. The van der Waals surface area contributed by atoms with Crippen LogP contribution in [0, 0.1) is 11.3 Å². The third-order valence-electron chi connectivity index (χ3n) is 5.64. The van der Waals surface area contributed by atoms with Gasteiger partial charge in [-0.05, 0) is 11.1 Å². The van der Waals surface area contributed by atoms with Gasteiger partial charge in [0.15, 0.2) is 0 Å². The third kappa shape index (κ3) is 2.99. The van der Waals surface area contributed by atoms with E-state index < -0.39 is 5.41 Å². The maximum atomic E-state index is 13.2. The minimum atomic E-state index is -0.769. The molecule has 3 rings (SSSR count).